The Morgan fingerprint density at radius 1 is 1.39 bits per heavy atom. The number of likely N-dealkylation sites (N-methyl/N-ethyl adjacent to an activating group) is 1. The van der Waals surface area contributed by atoms with Crippen molar-refractivity contribution in [1.82, 2.24) is 14.8 Å². The number of nitriles is 1. The van der Waals surface area contributed by atoms with Crippen molar-refractivity contribution in [1.29, 1.82) is 5.26 Å². The zero-order valence-electron chi connectivity index (χ0n) is 11.3. The van der Waals surface area contributed by atoms with Gasteiger partial charge in [-0.15, -0.1) is 0 Å². The van der Waals surface area contributed by atoms with E-state index in [1.54, 1.807) is 6.20 Å². The van der Waals surface area contributed by atoms with Gasteiger partial charge in [-0.25, -0.2) is 4.98 Å². The van der Waals surface area contributed by atoms with Crippen LogP contribution in [0.15, 0.2) is 18.3 Å². The molecule has 96 valence electrons. The average Bonchev–Trinajstić information content (AvgIpc) is 2.36. The lowest BCUT2D eigenvalue weighted by atomic mass is 10.1. The van der Waals surface area contributed by atoms with Gasteiger partial charge >= 0.3 is 0 Å². The Balaban J connectivity index is 2.08. The second-order valence-electron chi connectivity index (χ2n) is 5.18. The molecule has 0 bridgehead atoms. The minimum absolute atomic E-state index is 0.552. The summed E-state index contributed by atoms with van der Waals surface area (Å²) in [6, 6.07) is 7.17. The van der Waals surface area contributed by atoms with Crippen LogP contribution in [-0.2, 0) is 6.54 Å². The van der Waals surface area contributed by atoms with Crippen molar-refractivity contribution in [2.45, 2.75) is 32.5 Å². The molecule has 4 heteroatoms. The molecule has 0 amide bonds. The first-order valence-electron chi connectivity index (χ1n) is 6.40. The highest BCUT2D eigenvalue weighted by Crippen LogP contribution is 2.16. The third-order valence-corrected chi connectivity index (χ3v) is 3.83. The highest BCUT2D eigenvalue weighted by molar-refractivity contribution is 5.30. The van der Waals surface area contributed by atoms with E-state index in [4.69, 9.17) is 5.26 Å². The topological polar surface area (TPSA) is 43.2 Å². The standard InChI is InChI=1S/C14H20N4/c1-11-8-18(9-12(2)17(11)3)10-13-5-4-6-16-14(13)7-15/h4-6,11-12H,8-10H2,1-3H3. The van der Waals surface area contributed by atoms with Crippen LogP contribution >= 0.6 is 0 Å². The predicted octanol–water partition coefficient (Wildman–Crippen LogP) is 1.48. The van der Waals surface area contributed by atoms with Gasteiger partial charge in [0.05, 0.1) is 0 Å². The molecule has 1 saturated heterocycles. The molecule has 2 rings (SSSR count). The van der Waals surface area contributed by atoms with Gasteiger partial charge in [-0.2, -0.15) is 5.26 Å². The number of aromatic nitrogens is 1. The molecule has 0 aliphatic carbocycles. The molecule has 2 unspecified atom stereocenters. The van der Waals surface area contributed by atoms with Gasteiger partial charge in [0.15, 0.2) is 0 Å². The predicted molar refractivity (Wildman–Crippen MR) is 70.9 cm³/mol. The van der Waals surface area contributed by atoms with Crippen molar-refractivity contribution in [2.75, 3.05) is 20.1 Å². The van der Waals surface area contributed by atoms with Gasteiger partial charge in [-0.1, -0.05) is 6.07 Å². The Morgan fingerprint density at radius 2 is 2.06 bits per heavy atom. The van der Waals surface area contributed by atoms with Gasteiger partial charge in [0.1, 0.15) is 11.8 Å². The van der Waals surface area contributed by atoms with Crippen molar-refractivity contribution in [2.24, 2.45) is 0 Å². The molecule has 0 N–H and O–H groups in total. The number of pyridine rings is 1. The summed E-state index contributed by atoms with van der Waals surface area (Å²) in [5, 5.41) is 9.05. The summed E-state index contributed by atoms with van der Waals surface area (Å²) in [5.41, 5.74) is 1.58. The molecular formula is C14H20N4. The van der Waals surface area contributed by atoms with Gasteiger partial charge in [0.2, 0.25) is 0 Å². The van der Waals surface area contributed by atoms with Crippen molar-refractivity contribution >= 4 is 0 Å². The highest BCUT2D eigenvalue weighted by Gasteiger charge is 2.26. The number of hydrogen-bond donors (Lipinski definition) is 0. The van der Waals surface area contributed by atoms with Crippen LogP contribution in [0.4, 0.5) is 0 Å². The van der Waals surface area contributed by atoms with Gasteiger partial charge in [-0.05, 0) is 27.0 Å². The molecule has 1 aliphatic rings. The highest BCUT2D eigenvalue weighted by atomic mass is 15.3. The van der Waals surface area contributed by atoms with E-state index in [-0.39, 0.29) is 0 Å². The lowest BCUT2D eigenvalue weighted by molar-refractivity contribution is 0.0555. The van der Waals surface area contributed by atoms with Crippen molar-refractivity contribution in [3.05, 3.63) is 29.6 Å². The van der Waals surface area contributed by atoms with Crippen molar-refractivity contribution < 1.29 is 0 Å². The first-order valence-corrected chi connectivity index (χ1v) is 6.40. The molecule has 18 heavy (non-hydrogen) atoms. The number of piperazine rings is 1. The van der Waals surface area contributed by atoms with Gasteiger partial charge in [0.25, 0.3) is 0 Å². The molecule has 0 saturated carbocycles. The van der Waals surface area contributed by atoms with Crippen molar-refractivity contribution in [3.8, 4) is 6.07 Å². The van der Waals surface area contributed by atoms with E-state index in [1.807, 2.05) is 12.1 Å². The Bertz CT molecular complexity index is 439. The van der Waals surface area contributed by atoms with E-state index in [0.717, 1.165) is 25.2 Å². The monoisotopic (exact) mass is 244 g/mol. The molecule has 1 aliphatic heterocycles. The molecule has 1 aromatic heterocycles. The summed E-state index contributed by atoms with van der Waals surface area (Å²) < 4.78 is 0. The van der Waals surface area contributed by atoms with E-state index in [2.05, 4.69) is 41.7 Å². The van der Waals surface area contributed by atoms with Gasteiger partial charge in [-0.3, -0.25) is 9.80 Å². The summed E-state index contributed by atoms with van der Waals surface area (Å²) in [5.74, 6) is 0. The van der Waals surface area contributed by atoms with Crippen LogP contribution in [0.5, 0.6) is 0 Å². The second kappa shape index (κ2) is 5.47. The smallest absolute Gasteiger partial charge is 0.144 e. The third-order valence-electron chi connectivity index (χ3n) is 3.83. The van der Waals surface area contributed by atoms with Gasteiger partial charge < -0.3 is 0 Å². The summed E-state index contributed by atoms with van der Waals surface area (Å²) in [6.45, 7) is 7.40. The lowest BCUT2D eigenvalue weighted by Crippen LogP contribution is -2.54. The molecule has 4 nitrogen and oxygen atoms in total. The fourth-order valence-electron chi connectivity index (χ4n) is 2.55. The van der Waals surface area contributed by atoms with Crippen LogP contribution in [0.1, 0.15) is 25.1 Å². The fourth-order valence-corrected chi connectivity index (χ4v) is 2.55. The first kappa shape index (κ1) is 13.0. The van der Waals surface area contributed by atoms with E-state index in [9.17, 15) is 0 Å². The molecule has 0 aromatic carbocycles. The van der Waals surface area contributed by atoms with Crippen LogP contribution in [0, 0.1) is 11.3 Å². The molecule has 0 radical (unpaired) electrons. The molecular weight excluding hydrogens is 224 g/mol. The van der Waals surface area contributed by atoms with Crippen LogP contribution in [0.25, 0.3) is 0 Å². The maximum Gasteiger partial charge on any atom is 0.144 e. The Kier molecular flexibility index (Phi) is 3.95. The second-order valence-corrected chi connectivity index (χ2v) is 5.18. The van der Waals surface area contributed by atoms with Crippen LogP contribution in [0.3, 0.4) is 0 Å². The largest absolute Gasteiger partial charge is 0.298 e. The molecule has 1 aromatic rings. The minimum atomic E-state index is 0.552. The Labute approximate surface area is 109 Å². The van der Waals surface area contributed by atoms with Crippen LogP contribution in [-0.4, -0.2) is 47.0 Å². The molecule has 2 heterocycles. The third kappa shape index (κ3) is 2.69. The molecule has 2 atom stereocenters. The number of hydrogen-bond acceptors (Lipinski definition) is 4. The Morgan fingerprint density at radius 3 is 2.67 bits per heavy atom. The summed E-state index contributed by atoms with van der Waals surface area (Å²) >= 11 is 0. The Hall–Kier alpha value is -1.44. The fraction of sp³-hybridized carbons (Fsp3) is 0.571. The molecule has 1 fully saturated rings. The lowest BCUT2D eigenvalue weighted by Gasteiger charge is -2.42. The van der Waals surface area contributed by atoms with Gasteiger partial charge in [0, 0.05) is 43.5 Å². The zero-order chi connectivity index (χ0) is 13.1. The van der Waals surface area contributed by atoms with E-state index < -0.39 is 0 Å². The SMILES string of the molecule is CC1CN(Cc2cccnc2C#N)CC(C)N1C. The van der Waals surface area contributed by atoms with Crippen LogP contribution < -0.4 is 0 Å². The summed E-state index contributed by atoms with van der Waals surface area (Å²) in [6.07, 6.45) is 1.68. The average molecular weight is 244 g/mol. The number of nitrogens with zero attached hydrogens (tertiary/aromatic N) is 4. The van der Waals surface area contributed by atoms with Crippen molar-refractivity contribution in [3.63, 3.8) is 0 Å². The van der Waals surface area contributed by atoms with Crippen LogP contribution in [0.2, 0.25) is 0 Å². The molecule has 0 spiro atoms. The quantitative estimate of drug-likeness (QED) is 0.790. The summed E-state index contributed by atoms with van der Waals surface area (Å²) in [7, 11) is 2.18. The number of rotatable bonds is 2. The van der Waals surface area contributed by atoms with E-state index in [0.29, 0.717) is 17.8 Å². The minimum Gasteiger partial charge on any atom is -0.298 e. The van der Waals surface area contributed by atoms with E-state index in [1.165, 1.54) is 0 Å². The zero-order valence-corrected chi connectivity index (χ0v) is 11.3. The van der Waals surface area contributed by atoms with E-state index >= 15 is 0 Å². The first-order chi connectivity index (χ1) is 8.61. The maximum atomic E-state index is 9.05. The maximum absolute atomic E-state index is 9.05. The normalized spacial score (nSPS) is 25.9. The summed E-state index contributed by atoms with van der Waals surface area (Å²) in [4.78, 5) is 8.94.